The number of halogens is 2. The van der Waals surface area contributed by atoms with Gasteiger partial charge in [-0.1, -0.05) is 91.7 Å². The molecule has 2 aromatic heterocycles. The fraction of sp³-hybridized carbons (Fsp3) is 0.731. The molecule has 0 amide bonds. The van der Waals surface area contributed by atoms with Gasteiger partial charge >= 0.3 is 0 Å². The van der Waals surface area contributed by atoms with E-state index >= 15 is 0 Å². The number of pyridine rings is 1. The quantitative estimate of drug-likeness (QED) is 0.181. The monoisotopic (exact) mass is 544 g/mol. The zero-order chi connectivity index (χ0) is 22.3. The predicted molar refractivity (Wildman–Crippen MR) is 141 cm³/mol. The topological polar surface area (TPSA) is 17.8 Å². The fourth-order valence-corrected chi connectivity index (χ4v) is 6.63. The van der Waals surface area contributed by atoms with Gasteiger partial charge in [-0.05, 0) is 64.7 Å². The van der Waals surface area contributed by atoms with Gasteiger partial charge in [-0.2, -0.15) is 0 Å². The summed E-state index contributed by atoms with van der Waals surface area (Å²) in [4.78, 5) is 4.53. The number of rotatable bonds is 13. The highest BCUT2D eigenvalue weighted by Crippen LogP contribution is 2.47. The van der Waals surface area contributed by atoms with Crippen molar-refractivity contribution in [3.05, 3.63) is 27.1 Å². The van der Waals surface area contributed by atoms with Crippen LogP contribution in [0.2, 0.25) is 5.02 Å². The van der Waals surface area contributed by atoms with Crippen molar-refractivity contribution in [2.24, 2.45) is 23.2 Å². The van der Waals surface area contributed by atoms with Crippen LogP contribution >= 0.6 is 34.2 Å². The van der Waals surface area contributed by atoms with E-state index in [9.17, 15) is 0 Å². The molecule has 0 aromatic carbocycles. The van der Waals surface area contributed by atoms with Crippen LogP contribution in [0.15, 0.2) is 18.5 Å². The number of hydrogen-bond donors (Lipinski definition) is 0. The Kier molecular flexibility index (Phi) is 10.5. The second-order valence-corrected chi connectivity index (χ2v) is 11.6. The second-order valence-electron chi connectivity index (χ2n) is 10.00. The van der Waals surface area contributed by atoms with Crippen molar-refractivity contribution in [1.82, 2.24) is 9.55 Å². The van der Waals surface area contributed by atoms with Gasteiger partial charge in [-0.15, -0.1) is 0 Å². The highest BCUT2D eigenvalue weighted by atomic mass is 127. The van der Waals surface area contributed by atoms with Gasteiger partial charge in [-0.3, -0.25) is 0 Å². The Morgan fingerprint density at radius 3 is 2.00 bits per heavy atom. The molecule has 2 aromatic rings. The third-order valence-corrected chi connectivity index (χ3v) is 8.43. The smallest absolute Gasteiger partial charge is 0.141 e. The highest BCUT2D eigenvalue weighted by Gasteiger charge is 2.39. The van der Waals surface area contributed by atoms with Crippen LogP contribution < -0.4 is 0 Å². The van der Waals surface area contributed by atoms with E-state index in [1.165, 1.54) is 60.3 Å². The third kappa shape index (κ3) is 6.37. The lowest BCUT2D eigenvalue weighted by molar-refractivity contribution is 0.0356. The number of fused-ring (bicyclic) bond motifs is 1. The largest absolute Gasteiger partial charge is 0.331 e. The Bertz CT molecular complexity index is 757. The molecule has 0 spiro atoms. The van der Waals surface area contributed by atoms with E-state index in [1.807, 2.05) is 6.07 Å². The molecule has 30 heavy (non-hydrogen) atoms. The Labute approximate surface area is 203 Å². The molecular weight excluding hydrogens is 503 g/mol. The zero-order valence-electron chi connectivity index (χ0n) is 20.0. The molecule has 0 aliphatic heterocycles. The van der Waals surface area contributed by atoms with Crippen LogP contribution in [0.4, 0.5) is 0 Å². The van der Waals surface area contributed by atoms with Gasteiger partial charge in [0, 0.05) is 27.9 Å². The summed E-state index contributed by atoms with van der Waals surface area (Å²) in [6.45, 7) is 15.6. The minimum Gasteiger partial charge on any atom is -0.331 e. The molecule has 0 unspecified atom stereocenters. The van der Waals surface area contributed by atoms with Gasteiger partial charge < -0.3 is 4.57 Å². The Balaban J connectivity index is 1.66. The van der Waals surface area contributed by atoms with Gasteiger partial charge in [0.05, 0.1) is 5.02 Å². The Morgan fingerprint density at radius 1 is 0.900 bits per heavy atom. The van der Waals surface area contributed by atoms with Crippen molar-refractivity contribution >= 4 is 45.2 Å². The molecule has 0 saturated heterocycles. The average molecular weight is 545 g/mol. The van der Waals surface area contributed by atoms with E-state index < -0.39 is 0 Å². The standard InChI is InChI=1S/C26H42ClIN2/c1-19(2)26(20(3)4,21(5)6)14-12-10-8-7-9-11-13-15-30-18-24(28)23-16-22(27)17-29-25(23)30/h16-21H,7-15H2,1-6H3. The molecule has 0 aliphatic carbocycles. The number of aromatic nitrogens is 2. The summed E-state index contributed by atoms with van der Waals surface area (Å²) in [5.74, 6) is 2.28. The van der Waals surface area contributed by atoms with E-state index in [4.69, 9.17) is 11.6 Å². The maximum Gasteiger partial charge on any atom is 0.141 e. The summed E-state index contributed by atoms with van der Waals surface area (Å²) in [6, 6.07) is 2.02. The maximum absolute atomic E-state index is 6.09. The third-order valence-electron chi connectivity index (χ3n) is 7.37. The lowest BCUT2D eigenvalue weighted by atomic mass is 9.60. The number of nitrogens with zero attached hydrogens (tertiary/aromatic N) is 2. The number of aryl methyl sites for hydroxylation is 1. The van der Waals surface area contributed by atoms with Crippen molar-refractivity contribution in [3.63, 3.8) is 0 Å². The lowest BCUT2D eigenvalue weighted by Crippen LogP contribution is -2.38. The van der Waals surface area contributed by atoms with Crippen LogP contribution in [0.5, 0.6) is 0 Å². The first-order valence-electron chi connectivity index (χ1n) is 12.0. The molecule has 0 radical (unpaired) electrons. The SMILES string of the molecule is CC(C)C(CCCCCCCCCn1cc(I)c2cc(Cl)cnc21)(C(C)C)C(C)C. The van der Waals surface area contributed by atoms with Crippen LogP contribution in [-0.4, -0.2) is 9.55 Å². The summed E-state index contributed by atoms with van der Waals surface area (Å²) in [7, 11) is 0. The average Bonchev–Trinajstić information content (AvgIpc) is 2.97. The highest BCUT2D eigenvalue weighted by molar-refractivity contribution is 14.1. The first kappa shape index (κ1) is 26.0. The van der Waals surface area contributed by atoms with Crippen molar-refractivity contribution in [2.45, 2.75) is 99.5 Å². The van der Waals surface area contributed by atoms with Crippen molar-refractivity contribution in [3.8, 4) is 0 Å². The molecule has 0 bridgehead atoms. The van der Waals surface area contributed by atoms with Crippen molar-refractivity contribution < 1.29 is 0 Å². The van der Waals surface area contributed by atoms with E-state index in [1.54, 1.807) is 6.20 Å². The summed E-state index contributed by atoms with van der Waals surface area (Å²) in [6.07, 6.45) is 14.7. The fourth-order valence-electron chi connectivity index (χ4n) is 5.74. The Hall–Kier alpha value is -0.290. The maximum atomic E-state index is 6.09. The van der Waals surface area contributed by atoms with Gasteiger partial charge in [-0.25, -0.2) is 4.98 Å². The number of unbranched alkanes of at least 4 members (excludes halogenated alkanes) is 6. The Morgan fingerprint density at radius 2 is 1.43 bits per heavy atom. The first-order valence-corrected chi connectivity index (χ1v) is 13.5. The molecular formula is C26H42ClIN2. The normalized spacial score (nSPS) is 12.8. The van der Waals surface area contributed by atoms with Crippen molar-refractivity contribution in [2.75, 3.05) is 0 Å². The van der Waals surface area contributed by atoms with E-state index in [0.29, 0.717) is 10.4 Å². The molecule has 2 nitrogen and oxygen atoms in total. The van der Waals surface area contributed by atoms with Crippen LogP contribution in [0.25, 0.3) is 11.0 Å². The molecule has 170 valence electrons. The zero-order valence-corrected chi connectivity index (χ0v) is 22.9. The van der Waals surface area contributed by atoms with Crippen LogP contribution in [-0.2, 0) is 6.54 Å². The molecule has 2 rings (SSSR count). The van der Waals surface area contributed by atoms with Gasteiger partial charge in [0.25, 0.3) is 0 Å². The van der Waals surface area contributed by atoms with Crippen molar-refractivity contribution in [1.29, 1.82) is 0 Å². The minimum atomic E-state index is 0.495. The van der Waals surface area contributed by atoms with E-state index in [-0.39, 0.29) is 0 Å². The molecule has 0 saturated carbocycles. The molecule has 0 fully saturated rings. The first-order chi connectivity index (χ1) is 14.2. The van der Waals surface area contributed by atoms with Crippen LogP contribution in [0, 0.1) is 26.7 Å². The molecule has 4 heteroatoms. The minimum absolute atomic E-state index is 0.495. The van der Waals surface area contributed by atoms with E-state index in [2.05, 4.69) is 79.9 Å². The summed E-state index contributed by atoms with van der Waals surface area (Å²) >= 11 is 8.47. The molecule has 0 aliphatic rings. The summed E-state index contributed by atoms with van der Waals surface area (Å²) in [5.41, 5.74) is 1.56. The molecule has 0 N–H and O–H groups in total. The number of hydrogen-bond acceptors (Lipinski definition) is 1. The summed E-state index contributed by atoms with van der Waals surface area (Å²) in [5, 5.41) is 1.88. The molecule has 0 atom stereocenters. The second kappa shape index (κ2) is 12.1. The lowest BCUT2D eigenvalue weighted by Gasteiger charge is -2.45. The molecule has 2 heterocycles. The van der Waals surface area contributed by atoms with Gasteiger partial charge in [0.15, 0.2) is 0 Å². The van der Waals surface area contributed by atoms with Gasteiger partial charge in [0.2, 0.25) is 0 Å². The predicted octanol–water partition coefficient (Wildman–Crippen LogP) is 9.37. The summed E-state index contributed by atoms with van der Waals surface area (Å²) < 4.78 is 3.52. The van der Waals surface area contributed by atoms with Crippen LogP contribution in [0.1, 0.15) is 92.9 Å². The van der Waals surface area contributed by atoms with Crippen LogP contribution in [0.3, 0.4) is 0 Å². The van der Waals surface area contributed by atoms with E-state index in [0.717, 1.165) is 29.9 Å². The van der Waals surface area contributed by atoms with Gasteiger partial charge in [0.1, 0.15) is 5.65 Å².